The molecule has 0 bridgehead atoms. The number of nitrogens with zero attached hydrogens (tertiary/aromatic N) is 3. The zero-order valence-corrected chi connectivity index (χ0v) is 13.3. The third-order valence-electron chi connectivity index (χ3n) is 5.09. The van der Waals surface area contributed by atoms with Gasteiger partial charge < -0.3 is 5.32 Å². The monoisotopic (exact) mass is 306 g/mol. The van der Waals surface area contributed by atoms with Gasteiger partial charge in [0.25, 0.3) is 0 Å². The number of aliphatic imine (C=N–C) groups is 1. The van der Waals surface area contributed by atoms with Gasteiger partial charge in [-0.2, -0.15) is 0 Å². The molecule has 1 fully saturated rings. The quantitative estimate of drug-likeness (QED) is 0.912. The molecule has 1 aromatic heterocycles. The smallest absolute Gasteiger partial charge is 0.153 e. The number of hydrogen-bond acceptors (Lipinski definition) is 3. The third-order valence-corrected chi connectivity index (χ3v) is 5.09. The summed E-state index contributed by atoms with van der Waals surface area (Å²) in [6.07, 6.45) is 10.8. The Kier molecular flexibility index (Phi) is 3.82. The molecule has 0 amide bonds. The highest BCUT2D eigenvalue weighted by Crippen LogP contribution is 2.43. The molecule has 1 spiro atoms. The predicted molar refractivity (Wildman–Crippen MR) is 92.5 cm³/mol. The first-order valence-electron chi connectivity index (χ1n) is 8.52. The summed E-state index contributed by atoms with van der Waals surface area (Å²) in [5.74, 6) is 2.00. The van der Waals surface area contributed by atoms with Gasteiger partial charge in [-0.15, -0.1) is 0 Å². The van der Waals surface area contributed by atoms with Gasteiger partial charge in [-0.3, -0.25) is 9.98 Å². The molecule has 2 aromatic rings. The van der Waals surface area contributed by atoms with Crippen molar-refractivity contribution in [2.24, 2.45) is 10.4 Å². The van der Waals surface area contributed by atoms with Gasteiger partial charge in [-0.05, 0) is 18.4 Å². The molecule has 2 heterocycles. The third kappa shape index (κ3) is 2.85. The number of fused-ring (bicyclic) bond motifs is 1. The van der Waals surface area contributed by atoms with Gasteiger partial charge in [0, 0.05) is 24.2 Å². The molecule has 1 aliphatic heterocycles. The lowest BCUT2D eigenvalue weighted by molar-refractivity contribution is 0.275. The molecule has 1 aromatic carbocycles. The Balaban J connectivity index is 1.67. The molecule has 1 saturated carbocycles. The summed E-state index contributed by atoms with van der Waals surface area (Å²) in [6, 6.07) is 10.5. The van der Waals surface area contributed by atoms with Gasteiger partial charge in [0.05, 0.1) is 12.2 Å². The fourth-order valence-corrected chi connectivity index (χ4v) is 3.85. The van der Waals surface area contributed by atoms with Crippen LogP contribution in [0.4, 0.5) is 5.82 Å². The summed E-state index contributed by atoms with van der Waals surface area (Å²) in [6.45, 7) is 0.723. The van der Waals surface area contributed by atoms with E-state index in [1.54, 1.807) is 12.4 Å². The number of hydrogen-bond donors (Lipinski definition) is 1. The Morgan fingerprint density at radius 3 is 2.61 bits per heavy atom. The second-order valence-electron chi connectivity index (χ2n) is 6.64. The number of benzene rings is 1. The van der Waals surface area contributed by atoms with Crippen LogP contribution >= 0.6 is 0 Å². The average molecular weight is 306 g/mol. The van der Waals surface area contributed by atoms with Crippen LogP contribution in [-0.4, -0.2) is 15.8 Å². The Bertz CT molecular complexity index is 702. The van der Waals surface area contributed by atoms with Gasteiger partial charge in [0.15, 0.2) is 5.82 Å². The molecule has 4 nitrogen and oxygen atoms in total. The van der Waals surface area contributed by atoms with Crippen LogP contribution in [0.25, 0.3) is 0 Å². The summed E-state index contributed by atoms with van der Waals surface area (Å²) >= 11 is 0. The number of anilines is 1. The molecule has 4 rings (SSSR count). The lowest BCUT2D eigenvalue weighted by atomic mass is 9.68. The van der Waals surface area contributed by atoms with Crippen molar-refractivity contribution >= 4 is 11.7 Å². The van der Waals surface area contributed by atoms with E-state index in [9.17, 15) is 0 Å². The first-order valence-corrected chi connectivity index (χ1v) is 8.52. The zero-order chi connectivity index (χ0) is 15.5. The van der Waals surface area contributed by atoms with Crippen LogP contribution in [0.5, 0.6) is 0 Å². The van der Waals surface area contributed by atoms with Crippen molar-refractivity contribution in [2.75, 3.05) is 5.32 Å². The van der Waals surface area contributed by atoms with Crippen molar-refractivity contribution in [3.63, 3.8) is 0 Å². The molecule has 0 saturated heterocycles. The van der Waals surface area contributed by atoms with E-state index in [-0.39, 0.29) is 5.41 Å². The Morgan fingerprint density at radius 1 is 1.00 bits per heavy atom. The lowest BCUT2D eigenvalue weighted by Gasteiger charge is -2.41. The van der Waals surface area contributed by atoms with Gasteiger partial charge in [-0.1, -0.05) is 49.6 Å². The predicted octanol–water partition coefficient (Wildman–Crippen LogP) is 3.99. The molecule has 0 unspecified atom stereocenters. The zero-order valence-electron chi connectivity index (χ0n) is 13.3. The summed E-state index contributed by atoms with van der Waals surface area (Å²) < 4.78 is 0. The van der Waals surface area contributed by atoms with Crippen molar-refractivity contribution in [3.8, 4) is 0 Å². The summed E-state index contributed by atoms with van der Waals surface area (Å²) in [5, 5.41) is 3.50. The van der Waals surface area contributed by atoms with Gasteiger partial charge in [0.2, 0.25) is 0 Å². The molecule has 0 radical (unpaired) electrons. The number of amidine groups is 1. The van der Waals surface area contributed by atoms with Gasteiger partial charge >= 0.3 is 0 Å². The fourth-order valence-electron chi connectivity index (χ4n) is 3.85. The van der Waals surface area contributed by atoms with Crippen molar-refractivity contribution in [2.45, 2.75) is 45.1 Å². The van der Waals surface area contributed by atoms with Gasteiger partial charge in [-0.25, -0.2) is 4.98 Å². The molecule has 2 aliphatic rings. The van der Waals surface area contributed by atoms with E-state index in [1.165, 1.54) is 37.7 Å². The molecular weight excluding hydrogens is 284 g/mol. The molecule has 118 valence electrons. The Labute approximate surface area is 137 Å². The molecule has 1 N–H and O–H groups in total. The summed E-state index contributed by atoms with van der Waals surface area (Å²) in [7, 11) is 0. The lowest BCUT2D eigenvalue weighted by Crippen LogP contribution is -2.44. The van der Waals surface area contributed by atoms with Crippen LogP contribution in [0.2, 0.25) is 0 Å². The second-order valence-corrected chi connectivity index (χ2v) is 6.64. The van der Waals surface area contributed by atoms with Crippen LogP contribution in [-0.2, 0) is 13.0 Å². The molecule has 0 atom stereocenters. The van der Waals surface area contributed by atoms with E-state index in [4.69, 9.17) is 4.99 Å². The van der Waals surface area contributed by atoms with E-state index < -0.39 is 0 Å². The highest BCUT2D eigenvalue weighted by Gasteiger charge is 2.41. The van der Waals surface area contributed by atoms with Crippen LogP contribution in [0, 0.1) is 5.41 Å². The Hall–Kier alpha value is -2.23. The topological polar surface area (TPSA) is 50.2 Å². The van der Waals surface area contributed by atoms with Crippen molar-refractivity contribution in [3.05, 3.63) is 54.0 Å². The first-order chi connectivity index (χ1) is 11.4. The fraction of sp³-hybridized carbons (Fsp3) is 0.421. The summed E-state index contributed by atoms with van der Waals surface area (Å²) in [5.41, 5.74) is 2.47. The second kappa shape index (κ2) is 6.11. The normalized spacial score (nSPS) is 21.0. The first kappa shape index (κ1) is 14.4. The Morgan fingerprint density at radius 2 is 1.78 bits per heavy atom. The van der Waals surface area contributed by atoms with Gasteiger partial charge in [0.1, 0.15) is 5.84 Å². The van der Waals surface area contributed by atoms with Crippen molar-refractivity contribution in [1.82, 2.24) is 9.97 Å². The maximum Gasteiger partial charge on any atom is 0.153 e. The largest absolute Gasteiger partial charge is 0.327 e. The average Bonchev–Trinajstić information content (AvgIpc) is 2.61. The van der Waals surface area contributed by atoms with E-state index in [0.717, 1.165) is 30.3 Å². The van der Waals surface area contributed by atoms with Crippen molar-refractivity contribution < 1.29 is 0 Å². The minimum Gasteiger partial charge on any atom is -0.327 e. The van der Waals surface area contributed by atoms with Crippen LogP contribution < -0.4 is 5.32 Å². The van der Waals surface area contributed by atoms with E-state index in [0.29, 0.717) is 0 Å². The highest BCUT2D eigenvalue weighted by molar-refractivity contribution is 6.01. The van der Waals surface area contributed by atoms with Crippen LogP contribution in [0.3, 0.4) is 0 Å². The highest BCUT2D eigenvalue weighted by atomic mass is 15.1. The van der Waals surface area contributed by atoms with E-state index in [2.05, 4.69) is 39.6 Å². The van der Waals surface area contributed by atoms with E-state index >= 15 is 0 Å². The number of rotatable bonds is 2. The summed E-state index contributed by atoms with van der Waals surface area (Å²) in [4.78, 5) is 14.0. The molecule has 23 heavy (non-hydrogen) atoms. The number of aromatic nitrogens is 2. The molecular formula is C19H22N4. The van der Waals surface area contributed by atoms with Crippen LogP contribution in [0.1, 0.15) is 43.4 Å². The van der Waals surface area contributed by atoms with Crippen LogP contribution in [0.15, 0.2) is 47.7 Å². The van der Waals surface area contributed by atoms with E-state index in [1.807, 2.05) is 6.07 Å². The van der Waals surface area contributed by atoms with Crippen molar-refractivity contribution in [1.29, 1.82) is 0 Å². The SMILES string of the molecule is c1ccc(CN=C2Nc3nccnc3CC23CCCCC3)cc1. The number of nitrogens with one attached hydrogen (secondary N) is 1. The molecule has 4 heteroatoms. The minimum atomic E-state index is 0.135. The minimum absolute atomic E-state index is 0.135. The maximum atomic E-state index is 4.97. The molecule has 1 aliphatic carbocycles. The standard InChI is InChI=1S/C19H22N4/c1-3-7-15(8-4-1)14-22-18-19(9-5-2-6-10-19)13-16-17(23-18)21-12-11-20-16/h1,3-4,7-8,11-12H,2,5-6,9-10,13-14H2,(H,21,22,23). The maximum absolute atomic E-state index is 4.97.